The number of allylic oxidation sites excluding steroid dienone is 3. The minimum absolute atomic E-state index is 0.311. The van der Waals surface area contributed by atoms with Gasteiger partial charge in [0.05, 0.1) is 5.70 Å². The summed E-state index contributed by atoms with van der Waals surface area (Å²) in [6, 6.07) is 6.14. The zero-order valence-electron chi connectivity index (χ0n) is 13.4. The standard InChI is InChI=1S/C16H18FN3.C2H6/c1-4-13(8-9-18)16(19-3)10-12(2)20-15-7-5-6-14(17)11-15;1-2/h4-11,20H,2-3,18H2,1H3;1-2H3/b9-8-,13-4+,16-10-;. The summed E-state index contributed by atoms with van der Waals surface area (Å²) in [5.74, 6) is -0.311. The van der Waals surface area contributed by atoms with Crippen LogP contribution in [0.3, 0.4) is 0 Å². The third-order valence-corrected chi connectivity index (χ3v) is 2.49. The molecular formula is C18H24FN3. The third kappa shape index (κ3) is 6.70. The summed E-state index contributed by atoms with van der Waals surface area (Å²) in [5.41, 5.74) is 8.02. The largest absolute Gasteiger partial charge is 0.405 e. The molecule has 0 aliphatic carbocycles. The maximum atomic E-state index is 13.1. The van der Waals surface area contributed by atoms with Crippen molar-refractivity contribution in [1.29, 1.82) is 0 Å². The summed E-state index contributed by atoms with van der Waals surface area (Å²) < 4.78 is 13.1. The SMILES string of the molecule is C=NC(=C\C(=C)Nc1cccc(F)c1)/C(/C=C\N)=C/C.CC. The molecule has 118 valence electrons. The molecule has 0 saturated heterocycles. The summed E-state index contributed by atoms with van der Waals surface area (Å²) in [6.45, 7) is 13.3. The predicted molar refractivity (Wildman–Crippen MR) is 95.2 cm³/mol. The van der Waals surface area contributed by atoms with Gasteiger partial charge in [0.15, 0.2) is 0 Å². The van der Waals surface area contributed by atoms with Crippen LogP contribution in [0.2, 0.25) is 0 Å². The van der Waals surface area contributed by atoms with Gasteiger partial charge < -0.3 is 11.1 Å². The van der Waals surface area contributed by atoms with Crippen LogP contribution in [-0.2, 0) is 0 Å². The first-order valence-electron chi connectivity index (χ1n) is 7.05. The van der Waals surface area contributed by atoms with Crippen LogP contribution in [0, 0.1) is 5.82 Å². The fourth-order valence-electron chi connectivity index (χ4n) is 1.61. The average Bonchev–Trinajstić information content (AvgIpc) is 2.52. The van der Waals surface area contributed by atoms with Crippen molar-refractivity contribution in [3.63, 3.8) is 0 Å². The van der Waals surface area contributed by atoms with Crippen molar-refractivity contribution in [3.05, 3.63) is 78.1 Å². The molecule has 0 heterocycles. The van der Waals surface area contributed by atoms with Crippen LogP contribution < -0.4 is 11.1 Å². The number of halogens is 1. The van der Waals surface area contributed by atoms with Crippen molar-refractivity contribution in [1.82, 2.24) is 0 Å². The average molecular weight is 301 g/mol. The number of benzene rings is 1. The molecule has 0 spiro atoms. The molecule has 1 rings (SSSR count). The van der Waals surface area contributed by atoms with E-state index in [9.17, 15) is 4.39 Å². The van der Waals surface area contributed by atoms with E-state index in [1.807, 2.05) is 26.8 Å². The summed E-state index contributed by atoms with van der Waals surface area (Å²) in [4.78, 5) is 3.94. The Morgan fingerprint density at radius 3 is 2.55 bits per heavy atom. The second-order valence-electron chi connectivity index (χ2n) is 3.95. The Balaban J connectivity index is 0.00000211. The highest BCUT2D eigenvalue weighted by Crippen LogP contribution is 2.17. The number of nitrogens with one attached hydrogen (secondary N) is 1. The van der Waals surface area contributed by atoms with Crippen molar-refractivity contribution in [3.8, 4) is 0 Å². The Bertz CT molecular complexity index is 584. The molecule has 0 aliphatic heterocycles. The number of anilines is 1. The first kappa shape index (κ1) is 19.4. The Kier molecular flexibility index (Phi) is 9.76. The van der Waals surface area contributed by atoms with Crippen molar-refractivity contribution in [2.45, 2.75) is 20.8 Å². The maximum absolute atomic E-state index is 13.1. The van der Waals surface area contributed by atoms with E-state index < -0.39 is 0 Å². The molecule has 3 N–H and O–H groups in total. The lowest BCUT2D eigenvalue weighted by atomic mass is 10.1. The number of aliphatic imine (C=N–C) groups is 1. The molecule has 0 unspecified atom stereocenters. The molecule has 0 aromatic heterocycles. The molecule has 4 heteroatoms. The topological polar surface area (TPSA) is 50.4 Å². The predicted octanol–water partition coefficient (Wildman–Crippen LogP) is 4.78. The summed E-state index contributed by atoms with van der Waals surface area (Å²) >= 11 is 0. The van der Waals surface area contributed by atoms with Crippen LogP contribution in [0.5, 0.6) is 0 Å². The van der Waals surface area contributed by atoms with Crippen LogP contribution in [-0.4, -0.2) is 6.72 Å². The maximum Gasteiger partial charge on any atom is 0.125 e. The number of hydrogen-bond donors (Lipinski definition) is 2. The van der Waals surface area contributed by atoms with E-state index in [1.165, 1.54) is 18.3 Å². The summed E-state index contributed by atoms with van der Waals surface area (Å²) in [5, 5.41) is 2.99. The number of nitrogens with zero attached hydrogens (tertiary/aromatic N) is 1. The second kappa shape index (κ2) is 11.1. The van der Waals surface area contributed by atoms with Crippen LogP contribution in [0.25, 0.3) is 0 Å². The van der Waals surface area contributed by atoms with Gasteiger partial charge in [-0.15, -0.1) is 0 Å². The Labute approximate surface area is 132 Å². The molecule has 0 fully saturated rings. The van der Waals surface area contributed by atoms with Gasteiger partial charge in [-0.1, -0.05) is 32.6 Å². The molecule has 1 aromatic rings. The fourth-order valence-corrected chi connectivity index (χ4v) is 1.61. The number of rotatable bonds is 6. The lowest BCUT2D eigenvalue weighted by Crippen LogP contribution is -1.97. The fraction of sp³-hybridized carbons (Fsp3) is 0.167. The lowest BCUT2D eigenvalue weighted by molar-refractivity contribution is 0.628. The normalized spacial score (nSPS) is 11.6. The van der Waals surface area contributed by atoms with E-state index in [1.54, 1.807) is 24.3 Å². The Morgan fingerprint density at radius 1 is 1.36 bits per heavy atom. The van der Waals surface area contributed by atoms with Crippen LogP contribution >= 0.6 is 0 Å². The van der Waals surface area contributed by atoms with Crippen LogP contribution in [0.1, 0.15) is 20.8 Å². The zero-order chi connectivity index (χ0) is 17.0. The Hall–Kier alpha value is -2.62. The molecule has 22 heavy (non-hydrogen) atoms. The highest BCUT2D eigenvalue weighted by molar-refractivity contribution is 5.53. The van der Waals surface area contributed by atoms with E-state index in [0.29, 0.717) is 17.1 Å². The highest BCUT2D eigenvalue weighted by Gasteiger charge is 2.01. The minimum Gasteiger partial charge on any atom is -0.405 e. The minimum atomic E-state index is -0.311. The third-order valence-electron chi connectivity index (χ3n) is 2.49. The van der Waals surface area contributed by atoms with Crippen molar-refractivity contribution < 1.29 is 4.39 Å². The van der Waals surface area contributed by atoms with Gasteiger partial charge in [-0.05, 0) is 55.8 Å². The van der Waals surface area contributed by atoms with Gasteiger partial charge in [-0.2, -0.15) is 0 Å². The monoisotopic (exact) mass is 301 g/mol. The first-order chi connectivity index (χ1) is 10.6. The molecule has 1 aromatic carbocycles. The number of nitrogens with two attached hydrogens (primary N) is 1. The van der Waals surface area contributed by atoms with E-state index >= 15 is 0 Å². The van der Waals surface area contributed by atoms with E-state index in [0.717, 1.165) is 5.57 Å². The van der Waals surface area contributed by atoms with Crippen molar-refractivity contribution >= 4 is 12.4 Å². The molecule has 0 bridgehead atoms. The van der Waals surface area contributed by atoms with Crippen LogP contribution in [0.4, 0.5) is 10.1 Å². The van der Waals surface area contributed by atoms with Gasteiger partial charge in [0.25, 0.3) is 0 Å². The molecule has 0 atom stereocenters. The van der Waals surface area contributed by atoms with E-state index in [-0.39, 0.29) is 5.82 Å². The van der Waals surface area contributed by atoms with Gasteiger partial charge in [0, 0.05) is 11.4 Å². The second-order valence-corrected chi connectivity index (χ2v) is 3.95. The van der Waals surface area contributed by atoms with Gasteiger partial charge in [0.2, 0.25) is 0 Å². The quantitative estimate of drug-likeness (QED) is 0.587. The van der Waals surface area contributed by atoms with Crippen LogP contribution in [0.15, 0.2) is 77.2 Å². The highest BCUT2D eigenvalue weighted by atomic mass is 19.1. The molecule has 0 radical (unpaired) electrons. The smallest absolute Gasteiger partial charge is 0.125 e. The Morgan fingerprint density at radius 2 is 2.05 bits per heavy atom. The van der Waals surface area contributed by atoms with Crippen molar-refractivity contribution in [2.24, 2.45) is 10.7 Å². The zero-order valence-corrected chi connectivity index (χ0v) is 13.4. The van der Waals surface area contributed by atoms with E-state index in [4.69, 9.17) is 5.73 Å². The van der Waals surface area contributed by atoms with Gasteiger partial charge >= 0.3 is 0 Å². The van der Waals surface area contributed by atoms with Gasteiger partial charge in [-0.3, -0.25) is 4.99 Å². The molecule has 0 amide bonds. The molecular weight excluding hydrogens is 277 g/mol. The van der Waals surface area contributed by atoms with Gasteiger partial charge in [0.1, 0.15) is 5.82 Å². The van der Waals surface area contributed by atoms with Crippen molar-refractivity contribution in [2.75, 3.05) is 5.32 Å². The van der Waals surface area contributed by atoms with Gasteiger partial charge in [-0.25, -0.2) is 4.39 Å². The molecule has 0 aliphatic rings. The summed E-state index contributed by atoms with van der Waals surface area (Å²) in [6.07, 6.45) is 6.72. The first-order valence-corrected chi connectivity index (χ1v) is 7.05. The lowest BCUT2D eigenvalue weighted by Gasteiger charge is -2.08. The van der Waals surface area contributed by atoms with E-state index in [2.05, 4.69) is 23.6 Å². The number of hydrogen-bond acceptors (Lipinski definition) is 3. The molecule has 3 nitrogen and oxygen atoms in total. The summed E-state index contributed by atoms with van der Waals surface area (Å²) in [7, 11) is 0. The molecule has 0 saturated carbocycles.